The fourth-order valence-electron chi connectivity index (χ4n) is 2.69. The third-order valence-corrected chi connectivity index (χ3v) is 3.87. The summed E-state index contributed by atoms with van der Waals surface area (Å²) in [7, 11) is 0. The molecule has 19 heavy (non-hydrogen) atoms. The molecular formula is C15H27NO3. The van der Waals surface area contributed by atoms with Crippen molar-refractivity contribution in [1.82, 2.24) is 4.90 Å². The number of carbonyl (C=O) groups excluding carboxylic acids is 1. The lowest BCUT2D eigenvalue weighted by atomic mass is 10.1. The van der Waals surface area contributed by atoms with Crippen LogP contribution in [0.15, 0.2) is 0 Å². The molecule has 1 fully saturated rings. The zero-order chi connectivity index (χ0) is 14.1. The fourth-order valence-corrected chi connectivity index (χ4v) is 2.69. The van der Waals surface area contributed by atoms with Crippen molar-refractivity contribution < 1.29 is 14.7 Å². The lowest BCUT2D eigenvalue weighted by Crippen LogP contribution is -2.39. The summed E-state index contributed by atoms with van der Waals surface area (Å²) < 4.78 is 0. The quantitative estimate of drug-likeness (QED) is 0.620. The number of carboxylic acids is 1. The number of hydrogen-bond acceptors (Lipinski definition) is 2. The van der Waals surface area contributed by atoms with E-state index in [9.17, 15) is 9.59 Å². The van der Waals surface area contributed by atoms with Gasteiger partial charge in [0.2, 0.25) is 5.91 Å². The number of carbonyl (C=O) groups is 2. The van der Waals surface area contributed by atoms with Gasteiger partial charge in [-0.15, -0.1) is 0 Å². The Hall–Kier alpha value is -1.06. The molecule has 1 aliphatic rings. The number of nitrogens with zero attached hydrogens (tertiary/aromatic N) is 1. The first-order valence-corrected chi connectivity index (χ1v) is 7.69. The van der Waals surface area contributed by atoms with Crippen molar-refractivity contribution in [3.8, 4) is 0 Å². The van der Waals surface area contributed by atoms with Gasteiger partial charge in [0.25, 0.3) is 0 Å². The van der Waals surface area contributed by atoms with Gasteiger partial charge in [0.1, 0.15) is 6.04 Å². The van der Waals surface area contributed by atoms with Crippen LogP contribution >= 0.6 is 0 Å². The molecule has 0 radical (unpaired) electrons. The lowest BCUT2D eigenvalue weighted by Gasteiger charge is -2.21. The van der Waals surface area contributed by atoms with Gasteiger partial charge in [0.05, 0.1) is 0 Å². The second-order valence-corrected chi connectivity index (χ2v) is 5.45. The number of amides is 1. The van der Waals surface area contributed by atoms with Crippen molar-refractivity contribution in [2.24, 2.45) is 0 Å². The maximum atomic E-state index is 11.6. The van der Waals surface area contributed by atoms with Gasteiger partial charge in [-0.2, -0.15) is 0 Å². The molecule has 1 atom stereocenters. The van der Waals surface area contributed by atoms with Crippen molar-refractivity contribution >= 4 is 11.9 Å². The molecule has 4 heteroatoms. The van der Waals surface area contributed by atoms with Crippen LogP contribution in [-0.4, -0.2) is 34.5 Å². The summed E-state index contributed by atoms with van der Waals surface area (Å²) in [6.45, 7) is 2.83. The fraction of sp³-hybridized carbons (Fsp3) is 0.867. The summed E-state index contributed by atoms with van der Waals surface area (Å²) in [5, 5.41) is 9.03. The highest BCUT2D eigenvalue weighted by Gasteiger charge is 2.35. The topological polar surface area (TPSA) is 57.6 Å². The van der Waals surface area contributed by atoms with Crippen LogP contribution in [0.1, 0.15) is 71.1 Å². The number of unbranched alkanes of at least 4 members (excludes halogenated alkanes) is 7. The Bertz CT molecular complexity index is 291. The number of rotatable bonds is 10. The molecule has 1 rings (SSSR count). The summed E-state index contributed by atoms with van der Waals surface area (Å²) in [5.74, 6) is -0.847. The lowest BCUT2D eigenvalue weighted by molar-refractivity contribution is -0.146. The Balaban J connectivity index is 2.08. The van der Waals surface area contributed by atoms with Crippen molar-refractivity contribution in [2.75, 3.05) is 6.54 Å². The summed E-state index contributed by atoms with van der Waals surface area (Å²) in [5.41, 5.74) is 0. The molecule has 1 unspecified atom stereocenters. The van der Waals surface area contributed by atoms with Crippen LogP contribution in [0.2, 0.25) is 0 Å². The van der Waals surface area contributed by atoms with Gasteiger partial charge >= 0.3 is 5.97 Å². The molecular weight excluding hydrogens is 242 g/mol. The average molecular weight is 269 g/mol. The smallest absolute Gasteiger partial charge is 0.326 e. The van der Waals surface area contributed by atoms with Gasteiger partial charge in [-0.3, -0.25) is 4.79 Å². The molecule has 0 spiro atoms. The second-order valence-electron chi connectivity index (χ2n) is 5.45. The number of likely N-dealkylation sites (tertiary alicyclic amines) is 1. The predicted octanol–water partition coefficient (Wildman–Crippen LogP) is 3.20. The molecule has 0 aromatic carbocycles. The van der Waals surface area contributed by atoms with E-state index in [1.807, 2.05) is 0 Å². The maximum Gasteiger partial charge on any atom is 0.326 e. The Morgan fingerprint density at radius 2 is 1.74 bits per heavy atom. The molecule has 1 heterocycles. The molecule has 0 aliphatic carbocycles. The third-order valence-electron chi connectivity index (χ3n) is 3.87. The SMILES string of the molecule is CCCCCCCCCCN1C(=O)CCC1C(=O)O. The summed E-state index contributed by atoms with van der Waals surface area (Å²) in [6.07, 6.45) is 10.6. The van der Waals surface area contributed by atoms with Crippen LogP contribution < -0.4 is 0 Å². The minimum Gasteiger partial charge on any atom is -0.480 e. The van der Waals surface area contributed by atoms with Crippen LogP contribution in [0.3, 0.4) is 0 Å². The van der Waals surface area contributed by atoms with E-state index in [0.29, 0.717) is 19.4 Å². The molecule has 0 aromatic rings. The highest BCUT2D eigenvalue weighted by atomic mass is 16.4. The van der Waals surface area contributed by atoms with Crippen LogP contribution in [0.4, 0.5) is 0 Å². The number of hydrogen-bond donors (Lipinski definition) is 1. The van der Waals surface area contributed by atoms with Crippen molar-refractivity contribution in [1.29, 1.82) is 0 Å². The maximum absolute atomic E-state index is 11.6. The standard InChI is InChI=1S/C15H27NO3/c1-2-3-4-5-6-7-8-9-12-16-13(15(18)19)10-11-14(16)17/h13H,2-12H2,1H3,(H,18,19). The minimum absolute atomic E-state index is 0.00958. The van der Waals surface area contributed by atoms with E-state index in [4.69, 9.17) is 5.11 Å². The van der Waals surface area contributed by atoms with E-state index in [1.165, 1.54) is 38.5 Å². The van der Waals surface area contributed by atoms with Crippen molar-refractivity contribution in [3.05, 3.63) is 0 Å². The molecule has 1 amide bonds. The molecule has 0 aromatic heterocycles. The molecule has 1 aliphatic heterocycles. The van der Waals surface area contributed by atoms with E-state index in [-0.39, 0.29) is 5.91 Å². The van der Waals surface area contributed by atoms with E-state index in [2.05, 4.69) is 6.92 Å². The van der Waals surface area contributed by atoms with Crippen LogP contribution in [0.5, 0.6) is 0 Å². The zero-order valence-electron chi connectivity index (χ0n) is 12.1. The number of aliphatic carboxylic acids is 1. The first-order valence-electron chi connectivity index (χ1n) is 7.69. The zero-order valence-corrected chi connectivity index (χ0v) is 12.1. The highest BCUT2D eigenvalue weighted by molar-refractivity contribution is 5.87. The predicted molar refractivity (Wildman–Crippen MR) is 75.0 cm³/mol. The Kier molecular flexibility index (Phi) is 7.53. The number of carboxylic acid groups (broad SMARTS) is 1. The highest BCUT2D eigenvalue weighted by Crippen LogP contribution is 2.20. The normalized spacial score (nSPS) is 19.1. The van der Waals surface area contributed by atoms with E-state index >= 15 is 0 Å². The largest absolute Gasteiger partial charge is 0.480 e. The molecule has 110 valence electrons. The molecule has 1 saturated heterocycles. The summed E-state index contributed by atoms with van der Waals surface area (Å²) >= 11 is 0. The first kappa shape index (κ1) is 16.0. The van der Waals surface area contributed by atoms with Gasteiger partial charge in [-0.1, -0.05) is 51.9 Å². The average Bonchev–Trinajstić information content (AvgIpc) is 2.74. The van der Waals surface area contributed by atoms with Crippen LogP contribution in [-0.2, 0) is 9.59 Å². The van der Waals surface area contributed by atoms with Crippen LogP contribution in [0, 0.1) is 0 Å². The second kappa shape index (κ2) is 8.94. The van der Waals surface area contributed by atoms with Crippen LogP contribution in [0.25, 0.3) is 0 Å². The summed E-state index contributed by atoms with van der Waals surface area (Å²) in [6, 6.07) is -0.572. The molecule has 4 nitrogen and oxygen atoms in total. The molecule has 0 bridgehead atoms. The molecule has 1 N–H and O–H groups in total. The van der Waals surface area contributed by atoms with E-state index in [0.717, 1.165) is 12.8 Å². The Labute approximate surface area is 116 Å². The van der Waals surface area contributed by atoms with Gasteiger partial charge < -0.3 is 10.0 Å². The van der Waals surface area contributed by atoms with Crippen molar-refractivity contribution in [2.45, 2.75) is 77.2 Å². The Morgan fingerprint density at radius 1 is 1.16 bits per heavy atom. The first-order chi connectivity index (χ1) is 9.16. The monoisotopic (exact) mass is 269 g/mol. The van der Waals surface area contributed by atoms with Crippen molar-refractivity contribution in [3.63, 3.8) is 0 Å². The minimum atomic E-state index is -0.856. The third kappa shape index (κ3) is 5.62. The van der Waals surface area contributed by atoms with Gasteiger partial charge in [-0.25, -0.2) is 4.79 Å². The van der Waals surface area contributed by atoms with E-state index in [1.54, 1.807) is 4.90 Å². The van der Waals surface area contributed by atoms with E-state index < -0.39 is 12.0 Å². The van der Waals surface area contributed by atoms with Gasteiger partial charge in [-0.05, 0) is 12.8 Å². The van der Waals surface area contributed by atoms with Gasteiger partial charge in [0, 0.05) is 13.0 Å². The molecule has 0 saturated carbocycles. The Morgan fingerprint density at radius 3 is 2.32 bits per heavy atom. The summed E-state index contributed by atoms with van der Waals surface area (Å²) in [4.78, 5) is 24.1. The van der Waals surface area contributed by atoms with Gasteiger partial charge in [0.15, 0.2) is 0 Å².